The first-order valence-electron chi connectivity index (χ1n) is 13.3. The predicted molar refractivity (Wildman–Crippen MR) is 147 cm³/mol. The van der Waals surface area contributed by atoms with Crippen LogP contribution in [0.15, 0.2) is 30.6 Å². The highest BCUT2D eigenvalue weighted by molar-refractivity contribution is 6.00. The fourth-order valence-corrected chi connectivity index (χ4v) is 4.58. The predicted octanol–water partition coefficient (Wildman–Crippen LogP) is 5.49. The summed E-state index contributed by atoms with van der Waals surface area (Å²) in [6.07, 6.45) is -1.79. The Hall–Kier alpha value is -3.84. The standard InChI is InChI=1S/C28H33F4N7O2/c1-5-38-7-9-39(10-8-38)16-19-12-22(29)23(13-21(19)28(30,31)32)36-27(40)37-24-15-34-26(35-18(24)4)20-14-33-17(3)11-25(20)41-6-2/h11-15H,5-10,16H2,1-4H3,(H2,36,37,40). The van der Waals surface area contributed by atoms with Crippen molar-refractivity contribution >= 4 is 17.4 Å². The van der Waals surface area contributed by atoms with Gasteiger partial charge in [-0.25, -0.2) is 19.2 Å². The Morgan fingerprint density at radius 3 is 2.29 bits per heavy atom. The third kappa shape index (κ3) is 7.47. The van der Waals surface area contributed by atoms with Crippen LogP contribution < -0.4 is 15.4 Å². The molecule has 3 aromatic rings. The van der Waals surface area contributed by atoms with Gasteiger partial charge in [-0.1, -0.05) is 6.92 Å². The van der Waals surface area contributed by atoms with E-state index in [0.29, 0.717) is 48.6 Å². The maximum Gasteiger partial charge on any atom is 0.416 e. The molecule has 0 unspecified atom stereocenters. The molecule has 3 heterocycles. The largest absolute Gasteiger partial charge is 0.493 e. The molecule has 41 heavy (non-hydrogen) atoms. The highest BCUT2D eigenvalue weighted by atomic mass is 19.4. The summed E-state index contributed by atoms with van der Waals surface area (Å²) >= 11 is 0. The minimum atomic E-state index is -4.73. The Balaban J connectivity index is 1.49. The van der Waals surface area contributed by atoms with Gasteiger partial charge in [-0.15, -0.1) is 0 Å². The lowest BCUT2D eigenvalue weighted by atomic mass is 10.0. The van der Waals surface area contributed by atoms with Gasteiger partial charge in [-0.3, -0.25) is 9.88 Å². The van der Waals surface area contributed by atoms with E-state index < -0.39 is 29.3 Å². The number of benzene rings is 1. The Morgan fingerprint density at radius 1 is 0.976 bits per heavy atom. The zero-order valence-electron chi connectivity index (χ0n) is 23.4. The summed E-state index contributed by atoms with van der Waals surface area (Å²) in [5.41, 5.74) is 0.136. The number of nitrogens with zero attached hydrogens (tertiary/aromatic N) is 5. The molecule has 1 fully saturated rings. The van der Waals surface area contributed by atoms with Crippen LogP contribution in [0, 0.1) is 19.7 Å². The number of anilines is 2. The molecular weight excluding hydrogens is 542 g/mol. The van der Waals surface area contributed by atoms with E-state index >= 15 is 0 Å². The number of alkyl halides is 3. The second kappa shape index (κ2) is 12.8. The van der Waals surface area contributed by atoms with Crippen LogP contribution in [0.5, 0.6) is 5.75 Å². The summed E-state index contributed by atoms with van der Waals surface area (Å²) < 4.78 is 62.4. The number of hydrogen-bond donors (Lipinski definition) is 2. The number of carbonyl (C=O) groups excluding carboxylic acids is 1. The molecule has 0 atom stereocenters. The van der Waals surface area contributed by atoms with Gasteiger partial charge in [-0.2, -0.15) is 13.2 Å². The van der Waals surface area contributed by atoms with Gasteiger partial charge >= 0.3 is 12.2 Å². The molecule has 0 aliphatic carbocycles. The van der Waals surface area contributed by atoms with E-state index in [1.54, 1.807) is 19.2 Å². The molecule has 220 valence electrons. The summed E-state index contributed by atoms with van der Waals surface area (Å²) in [4.78, 5) is 29.7. The molecule has 0 bridgehead atoms. The van der Waals surface area contributed by atoms with Crippen LogP contribution in [-0.2, 0) is 12.7 Å². The van der Waals surface area contributed by atoms with E-state index in [-0.39, 0.29) is 17.8 Å². The lowest BCUT2D eigenvalue weighted by molar-refractivity contribution is -0.138. The molecule has 1 aliphatic rings. The second-order valence-corrected chi connectivity index (χ2v) is 9.72. The Kier molecular flexibility index (Phi) is 9.38. The van der Waals surface area contributed by atoms with E-state index in [1.807, 2.05) is 25.7 Å². The summed E-state index contributed by atoms with van der Waals surface area (Å²) in [5.74, 6) is -0.0913. The number of hydrogen-bond acceptors (Lipinski definition) is 7. The van der Waals surface area contributed by atoms with E-state index in [0.717, 1.165) is 31.4 Å². The van der Waals surface area contributed by atoms with Crippen LogP contribution in [0.1, 0.15) is 36.4 Å². The van der Waals surface area contributed by atoms with Gasteiger partial charge in [0, 0.05) is 50.7 Å². The second-order valence-electron chi connectivity index (χ2n) is 9.72. The maximum absolute atomic E-state index is 15.0. The Morgan fingerprint density at radius 2 is 1.66 bits per heavy atom. The van der Waals surface area contributed by atoms with Crippen LogP contribution in [0.2, 0.25) is 0 Å². The van der Waals surface area contributed by atoms with E-state index in [4.69, 9.17) is 4.74 Å². The molecule has 1 aromatic carbocycles. The van der Waals surface area contributed by atoms with Gasteiger partial charge in [0.15, 0.2) is 5.82 Å². The molecule has 0 saturated carbocycles. The SMILES string of the molecule is CCOc1cc(C)ncc1-c1ncc(NC(=O)Nc2cc(C(F)(F)F)c(CN3CCN(CC)CC3)cc2F)c(C)n1. The minimum Gasteiger partial charge on any atom is -0.493 e. The average Bonchev–Trinajstić information content (AvgIpc) is 2.91. The summed E-state index contributed by atoms with van der Waals surface area (Å²) in [7, 11) is 0. The number of amides is 2. The van der Waals surface area contributed by atoms with Crippen LogP contribution in [0.3, 0.4) is 0 Å². The number of piperazine rings is 1. The van der Waals surface area contributed by atoms with Gasteiger partial charge in [0.1, 0.15) is 11.6 Å². The number of ether oxygens (including phenoxy) is 1. The van der Waals surface area contributed by atoms with Crippen molar-refractivity contribution in [3.8, 4) is 17.1 Å². The molecule has 2 N–H and O–H groups in total. The van der Waals surface area contributed by atoms with Crippen LogP contribution in [0.4, 0.5) is 33.7 Å². The van der Waals surface area contributed by atoms with E-state index in [1.165, 1.54) is 6.20 Å². The van der Waals surface area contributed by atoms with Crippen LogP contribution in [0.25, 0.3) is 11.4 Å². The molecule has 1 aliphatic heterocycles. The van der Waals surface area contributed by atoms with Gasteiger partial charge < -0.3 is 20.3 Å². The fourth-order valence-electron chi connectivity index (χ4n) is 4.58. The van der Waals surface area contributed by atoms with Gasteiger partial charge in [0.25, 0.3) is 0 Å². The van der Waals surface area contributed by atoms with Crippen molar-refractivity contribution < 1.29 is 27.1 Å². The van der Waals surface area contributed by atoms with Crippen molar-refractivity contribution in [2.24, 2.45) is 0 Å². The molecule has 0 spiro atoms. The molecular formula is C28H33F4N7O2. The lowest BCUT2D eigenvalue weighted by Crippen LogP contribution is -2.45. The number of rotatable bonds is 8. The number of carbonyl (C=O) groups is 1. The lowest BCUT2D eigenvalue weighted by Gasteiger charge is -2.34. The number of aryl methyl sites for hydroxylation is 2. The van der Waals surface area contributed by atoms with Crippen molar-refractivity contribution in [3.05, 3.63) is 58.9 Å². The zero-order chi connectivity index (χ0) is 29.7. The first-order chi connectivity index (χ1) is 19.5. The number of pyridine rings is 1. The van der Waals surface area contributed by atoms with Gasteiger partial charge in [0.2, 0.25) is 0 Å². The highest BCUT2D eigenvalue weighted by Crippen LogP contribution is 2.36. The number of halogens is 4. The fraction of sp³-hybridized carbons (Fsp3) is 0.429. The quantitative estimate of drug-likeness (QED) is 0.343. The zero-order valence-corrected chi connectivity index (χ0v) is 23.4. The monoisotopic (exact) mass is 575 g/mol. The van der Waals surface area contributed by atoms with Crippen molar-refractivity contribution in [2.45, 2.75) is 40.4 Å². The normalized spacial score (nSPS) is 14.6. The van der Waals surface area contributed by atoms with E-state index in [2.05, 4.69) is 30.5 Å². The van der Waals surface area contributed by atoms with Crippen molar-refractivity contribution in [3.63, 3.8) is 0 Å². The molecule has 1 saturated heterocycles. The van der Waals surface area contributed by atoms with Crippen LogP contribution >= 0.6 is 0 Å². The topological polar surface area (TPSA) is 95.5 Å². The average molecular weight is 576 g/mol. The molecule has 4 rings (SSSR count). The maximum atomic E-state index is 15.0. The summed E-state index contributed by atoms with van der Waals surface area (Å²) in [6.45, 7) is 11.2. The van der Waals surface area contributed by atoms with Crippen molar-refractivity contribution in [2.75, 3.05) is 50.0 Å². The number of urea groups is 1. The number of likely N-dealkylation sites (N-methyl/N-ethyl adjacent to an activating group) is 1. The van der Waals surface area contributed by atoms with Gasteiger partial charge in [-0.05, 0) is 45.0 Å². The number of nitrogens with one attached hydrogen (secondary N) is 2. The number of aromatic nitrogens is 3. The molecule has 9 nitrogen and oxygen atoms in total. The molecule has 0 radical (unpaired) electrons. The summed E-state index contributed by atoms with van der Waals surface area (Å²) in [5, 5.41) is 4.67. The third-order valence-electron chi connectivity index (χ3n) is 6.82. The Bertz CT molecular complexity index is 1390. The van der Waals surface area contributed by atoms with E-state index in [9.17, 15) is 22.4 Å². The summed E-state index contributed by atoms with van der Waals surface area (Å²) in [6, 6.07) is 2.31. The first-order valence-corrected chi connectivity index (χ1v) is 13.3. The first kappa shape index (κ1) is 30.1. The molecule has 2 aromatic heterocycles. The molecule has 13 heteroatoms. The van der Waals surface area contributed by atoms with Crippen LogP contribution in [-0.4, -0.2) is 70.1 Å². The smallest absolute Gasteiger partial charge is 0.416 e. The minimum absolute atomic E-state index is 0.0415. The van der Waals surface area contributed by atoms with Crippen molar-refractivity contribution in [1.29, 1.82) is 0 Å². The van der Waals surface area contributed by atoms with Gasteiger partial charge in [0.05, 0.1) is 41.0 Å². The molecule has 2 amide bonds. The third-order valence-corrected chi connectivity index (χ3v) is 6.82. The highest BCUT2D eigenvalue weighted by Gasteiger charge is 2.35. The Labute approximate surface area is 235 Å². The van der Waals surface area contributed by atoms with Crippen molar-refractivity contribution in [1.82, 2.24) is 24.8 Å².